The molecule has 0 aliphatic heterocycles. The first-order valence-electron chi connectivity index (χ1n) is 12.4. The van der Waals surface area contributed by atoms with Crippen molar-refractivity contribution in [2.24, 2.45) is 0 Å². The number of rotatable bonds is 14. The van der Waals surface area contributed by atoms with Crippen molar-refractivity contribution in [1.29, 1.82) is 0 Å². The molecule has 2 rings (SSSR count). The summed E-state index contributed by atoms with van der Waals surface area (Å²) < 4.78 is 0. The molecule has 32 heavy (non-hydrogen) atoms. The molecule has 0 heterocycles. The topological polar surface area (TPSA) is 40.5 Å². The van der Waals surface area contributed by atoms with Crippen molar-refractivity contribution in [1.82, 2.24) is 0 Å². The van der Waals surface area contributed by atoms with E-state index in [9.17, 15) is 4.80 Å². The Morgan fingerprint density at radius 2 is 1.09 bits per heavy atom. The van der Waals surface area contributed by atoms with E-state index in [1.54, 1.807) is 0 Å². The first kappa shape index (κ1) is 26.4. The Morgan fingerprint density at radius 1 is 0.656 bits per heavy atom. The van der Waals surface area contributed by atoms with Crippen LogP contribution >= 0.6 is 0 Å². The lowest BCUT2D eigenvalue weighted by molar-refractivity contribution is 0.282. The first-order valence-corrected chi connectivity index (χ1v) is 14.4. The molecule has 0 radical (unpaired) electrons. The van der Waals surface area contributed by atoms with Gasteiger partial charge in [0.05, 0.1) is 0 Å². The number of benzene rings is 2. The van der Waals surface area contributed by atoms with Crippen LogP contribution in [0.25, 0.3) is 0 Å². The molecule has 0 spiro atoms. The predicted octanol–water partition coefficient (Wildman–Crippen LogP) is 5.81. The third-order valence-electron chi connectivity index (χ3n) is 6.55. The third kappa shape index (κ3) is 7.92. The van der Waals surface area contributed by atoms with Crippen molar-refractivity contribution in [3.63, 3.8) is 0 Å². The molecule has 0 saturated heterocycles. The molecule has 0 atom stereocenters. The van der Waals surface area contributed by atoms with E-state index in [1.807, 2.05) is 36.4 Å². The Bertz CT molecular complexity index is 766. The van der Waals surface area contributed by atoms with Crippen molar-refractivity contribution in [3.05, 3.63) is 60.7 Å². The summed E-state index contributed by atoms with van der Waals surface area (Å²) in [6.07, 6.45) is 12.1. The molecule has 2 aromatic rings. The zero-order chi connectivity index (χ0) is 23.1. The average molecular weight is 451 g/mol. The van der Waals surface area contributed by atoms with Crippen molar-refractivity contribution >= 4 is 18.7 Å². The summed E-state index contributed by atoms with van der Waals surface area (Å²) in [5.41, 5.74) is 0. The smallest absolute Gasteiger partial charge is 0.258 e. The highest BCUT2D eigenvalue weighted by atomic mass is 28.4. The minimum Gasteiger partial charge on any atom is -0.424 e. The van der Waals surface area contributed by atoms with Gasteiger partial charge in [-0.1, -0.05) is 107 Å². The van der Waals surface area contributed by atoms with E-state index in [1.165, 1.54) is 19.3 Å². The van der Waals surface area contributed by atoms with E-state index >= 15 is 0 Å². The van der Waals surface area contributed by atoms with Gasteiger partial charge in [0.15, 0.2) is 0 Å². The Morgan fingerprint density at radius 3 is 1.59 bits per heavy atom. The molecule has 0 aliphatic rings. The molecular formula is C29H42O2Si. The molecule has 174 valence electrons. The molecule has 0 unspecified atom stereocenters. The molecule has 0 aromatic heterocycles. The number of aliphatic hydroxyl groups is 1. The van der Waals surface area contributed by atoms with Gasteiger partial charge in [0.1, 0.15) is 0 Å². The Kier molecular flexibility index (Phi) is 11.8. The first-order chi connectivity index (χ1) is 15.5. The van der Waals surface area contributed by atoms with Gasteiger partial charge in [0.25, 0.3) is 8.32 Å². The summed E-state index contributed by atoms with van der Waals surface area (Å²) in [6.45, 7) is 4.82. The number of hydrogen-bond donors (Lipinski definition) is 2. The van der Waals surface area contributed by atoms with Crippen LogP contribution in [-0.4, -0.2) is 24.8 Å². The molecule has 2 aromatic carbocycles. The standard InChI is InChI=1S/C29H42O2Si/c1-29(2,25-19-11-9-7-5-3-4-6-8-10-12-20-26-30)32(31,27-21-15-13-16-22-27)28-23-17-14-18-24-28/h13-18,21-24,30-31H,4,6-12,19-20,25-26H2,1-2H3. The molecule has 0 aliphatic carbocycles. The minimum absolute atomic E-state index is 0.155. The highest BCUT2D eigenvalue weighted by Crippen LogP contribution is 2.40. The van der Waals surface area contributed by atoms with Crippen LogP contribution in [0.15, 0.2) is 60.7 Å². The van der Waals surface area contributed by atoms with E-state index in [-0.39, 0.29) is 5.04 Å². The average Bonchev–Trinajstić information content (AvgIpc) is 2.82. The van der Waals surface area contributed by atoms with E-state index in [2.05, 4.69) is 50.0 Å². The van der Waals surface area contributed by atoms with E-state index in [4.69, 9.17) is 5.11 Å². The summed E-state index contributed by atoms with van der Waals surface area (Å²) in [6, 6.07) is 20.6. The highest BCUT2D eigenvalue weighted by molar-refractivity contribution is 6.98. The molecule has 0 fully saturated rings. The Hall–Kier alpha value is -1.86. The van der Waals surface area contributed by atoms with Gasteiger partial charge >= 0.3 is 0 Å². The maximum Gasteiger partial charge on any atom is 0.258 e. The SMILES string of the molecule is CC(C)(CCCCCC#CCCCCCCCO)[Si](O)(c1ccccc1)c1ccccc1. The second-order valence-electron chi connectivity index (χ2n) is 9.48. The Balaban J connectivity index is 1.81. The van der Waals surface area contributed by atoms with Crippen LogP contribution in [0.1, 0.15) is 84.5 Å². The van der Waals surface area contributed by atoms with Gasteiger partial charge in [0, 0.05) is 19.4 Å². The second-order valence-corrected chi connectivity index (χ2v) is 13.4. The summed E-state index contributed by atoms with van der Waals surface area (Å²) in [7, 11) is -2.87. The number of unbranched alkanes of at least 4 members (excludes halogenated alkanes) is 8. The van der Waals surface area contributed by atoms with Crippen molar-refractivity contribution in [2.75, 3.05) is 6.61 Å². The lowest BCUT2D eigenvalue weighted by Crippen LogP contribution is -2.65. The summed E-state index contributed by atoms with van der Waals surface area (Å²) in [5.74, 6) is 6.65. The number of aliphatic hydroxyl groups excluding tert-OH is 1. The van der Waals surface area contributed by atoms with E-state index < -0.39 is 8.32 Å². The lowest BCUT2D eigenvalue weighted by Gasteiger charge is -2.41. The van der Waals surface area contributed by atoms with Gasteiger partial charge in [0.2, 0.25) is 0 Å². The zero-order valence-electron chi connectivity index (χ0n) is 20.2. The van der Waals surface area contributed by atoms with Crippen LogP contribution < -0.4 is 10.4 Å². The maximum absolute atomic E-state index is 12.2. The zero-order valence-corrected chi connectivity index (χ0v) is 21.2. The summed E-state index contributed by atoms with van der Waals surface area (Å²) in [5, 5.41) is 10.8. The van der Waals surface area contributed by atoms with Gasteiger partial charge < -0.3 is 9.90 Å². The van der Waals surface area contributed by atoms with Crippen LogP contribution in [-0.2, 0) is 0 Å². The highest BCUT2D eigenvalue weighted by Gasteiger charge is 2.49. The van der Waals surface area contributed by atoms with E-state index in [0.29, 0.717) is 6.61 Å². The van der Waals surface area contributed by atoms with Crippen LogP contribution in [0.3, 0.4) is 0 Å². The van der Waals surface area contributed by atoms with Crippen LogP contribution in [0.5, 0.6) is 0 Å². The van der Waals surface area contributed by atoms with Crippen molar-refractivity contribution in [3.8, 4) is 11.8 Å². The molecule has 0 bridgehead atoms. The summed E-state index contributed by atoms with van der Waals surface area (Å²) in [4.78, 5) is 12.2. The largest absolute Gasteiger partial charge is 0.424 e. The molecule has 3 heteroatoms. The fourth-order valence-electron chi connectivity index (χ4n) is 4.48. The normalized spacial score (nSPS) is 11.8. The molecule has 2 N–H and O–H groups in total. The molecule has 2 nitrogen and oxygen atoms in total. The number of hydrogen-bond acceptors (Lipinski definition) is 2. The van der Waals surface area contributed by atoms with Gasteiger partial charge in [-0.2, -0.15) is 0 Å². The lowest BCUT2D eigenvalue weighted by atomic mass is 10.0. The fraction of sp³-hybridized carbons (Fsp3) is 0.517. The predicted molar refractivity (Wildman–Crippen MR) is 140 cm³/mol. The van der Waals surface area contributed by atoms with Gasteiger partial charge in [-0.25, -0.2) is 0 Å². The molecule has 0 saturated carbocycles. The fourth-order valence-corrected chi connectivity index (χ4v) is 8.26. The summed E-state index contributed by atoms with van der Waals surface area (Å²) >= 11 is 0. The minimum atomic E-state index is -2.87. The Labute approximate surface area is 197 Å². The van der Waals surface area contributed by atoms with Crippen LogP contribution in [0.4, 0.5) is 0 Å². The van der Waals surface area contributed by atoms with Crippen LogP contribution in [0.2, 0.25) is 5.04 Å². The van der Waals surface area contributed by atoms with Gasteiger partial charge in [-0.3, -0.25) is 0 Å². The second kappa shape index (κ2) is 14.3. The third-order valence-corrected chi connectivity index (χ3v) is 11.1. The van der Waals surface area contributed by atoms with Crippen LogP contribution in [0, 0.1) is 11.8 Å². The van der Waals surface area contributed by atoms with Crippen molar-refractivity contribution < 1.29 is 9.90 Å². The van der Waals surface area contributed by atoms with Crippen molar-refractivity contribution in [2.45, 2.75) is 89.5 Å². The van der Waals surface area contributed by atoms with Gasteiger partial charge in [-0.05, 0) is 41.1 Å². The monoisotopic (exact) mass is 450 g/mol. The quantitative estimate of drug-likeness (QED) is 0.217. The van der Waals surface area contributed by atoms with Gasteiger partial charge in [-0.15, -0.1) is 11.8 Å². The molecular weight excluding hydrogens is 408 g/mol. The van der Waals surface area contributed by atoms with E-state index in [0.717, 1.165) is 61.7 Å². The maximum atomic E-state index is 12.2. The molecule has 0 amide bonds.